The van der Waals surface area contributed by atoms with Crippen molar-refractivity contribution in [2.45, 2.75) is 46.0 Å². The molecule has 0 atom stereocenters. The lowest BCUT2D eigenvalue weighted by Crippen LogP contribution is -2.18. The van der Waals surface area contributed by atoms with Crippen LogP contribution in [0.15, 0.2) is 29.2 Å². The van der Waals surface area contributed by atoms with Crippen molar-refractivity contribution in [1.29, 1.82) is 0 Å². The van der Waals surface area contributed by atoms with Crippen LogP contribution in [0.3, 0.4) is 0 Å². The number of hydrogen-bond donors (Lipinski definition) is 1. The molecule has 2 rings (SSSR count). The van der Waals surface area contributed by atoms with Gasteiger partial charge in [0.1, 0.15) is 5.56 Å². The van der Waals surface area contributed by atoms with Gasteiger partial charge >= 0.3 is 5.97 Å². The Bertz CT molecular complexity index is 703. The number of hydrogen-bond acceptors (Lipinski definition) is 3. The Kier molecular flexibility index (Phi) is 5.75. The highest BCUT2D eigenvalue weighted by molar-refractivity contribution is 5.93. The minimum absolute atomic E-state index is 0.0671. The van der Waals surface area contributed by atoms with Gasteiger partial charge in [-0.2, -0.15) is 0 Å². The number of ether oxygens (including phenoxy) is 1. The molecule has 0 fully saturated rings. The zero-order valence-corrected chi connectivity index (χ0v) is 13.3. The molecular formula is C18H23NO3. The fourth-order valence-corrected chi connectivity index (χ4v) is 2.54. The molecule has 1 aromatic heterocycles. The van der Waals surface area contributed by atoms with Gasteiger partial charge in [0.15, 0.2) is 0 Å². The largest absolute Gasteiger partial charge is 0.462 e. The molecule has 0 spiro atoms. The van der Waals surface area contributed by atoms with Crippen molar-refractivity contribution in [2.24, 2.45) is 0 Å². The number of unbranched alkanes of at least 4 members (excludes halogenated alkanes) is 3. The third-order valence-corrected chi connectivity index (χ3v) is 3.76. The van der Waals surface area contributed by atoms with Gasteiger partial charge in [0.05, 0.1) is 6.61 Å². The van der Waals surface area contributed by atoms with E-state index < -0.39 is 5.97 Å². The van der Waals surface area contributed by atoms with Crippen LogP contribution < -0.4 is 5.43 Å². The predicted molar refractivity (Wildman–Crippen MR) is 88.4 cm³/mol. The molecule has 0 saturated heterocycles. The average molecular weight is 301 g/mol. The highest BCUT2D eigenvalue weighted by atomic mass is 16.5. The molecule has 1 aromatic carbocycles. The summed E-state index contributed by atoms with van der Waals surface area (Å²) >= 11 is 0. The number of nitrogens with one attached hydrogen (secondary N) is 1. The van der Waals surface area contributed by atoms with E-state index in [4.69, 9.17) is 4.74 Å². The topological polar surface area (TPSA) is 59.2 Å². The van der Waals surface area contributed by atoms with Crippen LogP contribution in [0.4, 0.5) is 0 Å². The van der Waals surface area contributed by atoms with E-state index in [0.717, 1.165) is 23.9 Å². The molecule has 0 saturated carbocycles. The van der Waals surface area contributed by atoms with Crippen LogP contribution in [0.5, 0.6) is 0 Å². The third kappa shape index (κ3) is 3.75. The molecule has 0 unspecified atom stereocenters. The quantitative estimate of drug-likeness (QED) is 0.624. The van der Waals surface area contributed by atoms with Crippen LogP contribution >= 0.6 is 0 Å². The predicted octanol–water partition coefficient (Wildman–Crippen LogP) is 3.83. The zero-order valence-electron chi connectivity index (χ0n) is 13.3. The first-order valence-electron chi connectivity index (χ1n) is 7.98. The second-order valence-electron chi connectivity index (χ2n) is 5.44. The van der Waals surface area contributed by atoms with E-state index >= 15 is 0 Å². The summed E-state index contributed by atoms with van der Waals surface area (Å²) in [6.07, 6.45) is 7.16. The fraction of sp³-hybridized carbons (Fsp3) is 0.444. The number of carbonyl (C=O) groups excluding carboxylic acids is 1. The van der Waals surface area contributed by atoms with Crippen molar-refractivity contribution < 1.29 is 9.53 Å². The van der Waals surface area contributed by atoms with Crippen LogP contribution in [0, 0.1) is 0 Å². The number of rotatable bonds is 7. The molecule has 0 aliphatic rings. The molecule has 118 valence electrons. The van der Waals surface area contributed by atoms with Crippen LogP contribution in [-0.4, -0.2) is 17.6 Å². The SMILES string of the molecule is CCCCCCc1ccc2[nH]cc(C(=O)OCC)c(=O)c2c1. The monoisotopic (exact) mass is 301 g/mol. The van der Waals surface area contributed by atoms with Gasteiger partial charge in [0, 0.05) is 17.1 Å². The summed E-state index contributed by atoms with van der Waals surface area (Å²) in [6, 6.07) is 5.83. The molecule has 1 N–H and O–H groups in total. The Morgan fingerprint density at radius 3 is 2.73 bits per heavy atom. The summed E-state index contributed by atoms with van der Waals surface area (Å²) in [4.78, 5) is 27.3. The summed E-state index contributed by atoms with van der Waals surface area (Å²) in [7, 11) is 0. The highest BCUT2D eigenvalue weighted by Crippen LogP contribution is 2.14. The number of benzene rings is 1. The first kappa shape index (κ1) is 16.3. The van der Waals surface area contributed by atoms with Crippen LogP contribution in [0.2, 0.25) is 0 Å². The normalized spacial score (nSPS) is 10.8. The second-order valence-corrected chi connectivity index (χ2v) is 5.44. The highest BCUT2D eigenvalue weighted by Gasteiger charge is 2.14. The first-order valence-corrected chi connectivity index (χ1v) is 7.98. The Labute approximate surface area is 130 Å². The lowest BCUT2D eigenvalue weighted by Gasteiger charge is -2.06. The van der Waals surface area contributed by atoms with Crippen molar-refractivity contribution in [3.05, 3.63) is 45.7 Å². The van der Waals surface area contributed by atoms with Gasteiger partial charge in [0.25, 0.3) is 0 Å². The van der Waals surface area contributed by atoms with Crippen LogP contribution in [0.25, 0.3) is 10.9 Å². The zero-order chi connectivity index (χ0) is 15.9. The molecule has 4 nitrogen and oxygen atoms in total. The van der Waals surface area contributed by atoms with E-state index in [9.17, 15) is 9.59 Å². The maximum absolute atomic E-state index is 12.5. The molecular weight excluding hydrogens is 278 g/mol. The van der Waals surface area contributed by atoms with E-state index in [-0.39, 0.29) is 17.6 Å². The smallest absolute Gasteiger partial charge is 0.343 e. The van der Waals surface area contributed by atoms with Crippen molar-refractivity contribution >= 4 is 16.9 Å². The second kappa shape index (κ2) is 7.78. The summed E-state index contributed by atoms with van der Waals surface area (Å²) in [6.45, 7) is 4.17. The first-order chi connectivity index (χ1) is 10.7. The Morgan fingerprint density at radius 1 is 1.18 bits per heavy atom. The van der Waals surface area contributed by atoms with E-state index in [1.807, 2.05) is 18.2 Å². The summed E-state index contributed by atoms with van der Waals surface area (Å²) in [5, 5.41) is 0.554. The van der Waals surface area contributed by atoms with Crippen molar-refractivity contribution in [2.75, 3.05) is 6.61 Å². The van der Waals surface area contributed by atoms with Gasteiger partial charge in [0.2, 0.25) is 5.43 Å². The molecule has 0 amide bonds. The van der Waals surface area contributed by atoms with Crippen LogP contribution in [0.1, 0.15) is 55.5 Å². The number of H-pyrrole nitrogens is 1. The molecule has 0 bridgehead atoms. The maximum Gasteiger partial charge on any atom is 0.343 e. The van der Waals surface area contributed by atoms with E-state index in [0.29, 0.717) is 5.39 Å². The summed E-state index contributed by atoms with van der Waals surface area (Å²) in [5.41, 5.74) is 1.69. The number of aryl methyl sites for hydroxylation is 1. The van der Waals surface area contributed by atoms with Gasteiger partial charge in [-0.05, 0) is 37.5 Å². The van der Waals surface area contributed by atoms with E-state index in [2.05, 4.69) is 11.9 Å². The average Bonchev–Trinajstić information content (AvgIpc) is 2.52. The fourth-order valence-electron chi connectivity index (χ4n) is 2.54. The molecule has 0 radical (unpaired) electrons. The number of esters is 1. The molecule has 0 aliphatic heterocycles. The number of fused-ring (bicyclic) bond motifs is 1. The molecule has 2 aromatic rings. The Morgan fingerprint density at radius 2 is 2.00 bits per heavy atom. The molecule has 1 heterocycles. The molecule has 22 heavy (non-hydrogen) atoms. The summed E-state index contributed by atoms with van der Waals surface area (Å²) in [5.74, 6) is -0.570. The van der Waals surface area contributed by atoms with Crippen molar-refractivity contribution in [3.63, 3.8) is 0 Å². The lowest BCUT2D eigenvalue weighted by atomic mass is 10.0. The number of aromatic nitrogens is 1. The van der Waals surface area contributed by atoms with Gasteiger partial charge in [-0.15, -0.1) is 0 Å². The standard InChI is InChI=1S/C18H23NO3/c1-3-5-6-7-8-13-9-10-16-14(11-13)17(20)15(12-19-16)18(21)22-4-2/h9-12H,3-8H2,1-2H3,(H,19,20). The van der Waals surface area contributed by atoms with Gasteiger partial charge < -0.3 is 9.72 Å². The van der Waals surface area contributed by atoms with Crippen LogP contribution in [-0.2, 0) is 11.2 Å². The molecule has 4 heteroatoms. The number of pyridine rings is 1. The van der Waals surface area contributed by atoms with E-state index in [1.54, 1.807) is 6.92 Å². The number of carbonyl (C=O) groups is 1. The third-order valence-electron chi connectivity index (χ3n) is 3.76. The Hall–Kier alpha value is -2.10. The van der Waals surface area contributed by atoms with Crippen molar-refractivity contribution in [1.82, 2.24) is 4.98 Å². The van der Waals surface area contributed by atoms with Crippen molar-refractivity contribution in [3.8, 4) is 0 Å². The lowest BCUT2D eigenvalue weighted by molar-refractivity contribution is 0.0524. The minimum atomic E-state index is -0.570. The number of aromatic amines is 1. The minimum Gasteiger partial charge on any atom is -0.462 e. The maximum atomic E-state index is 12.5. The molecule has 0 aliphatic carbocycles. The Balaban J connectivity index is 2.28. The van der Waals surface area contributed by atoms with E-state index in [1.165, 1.54) is 25.5 Å². The summed E-state index contributed by atoms with van der Waals surface area (Å²) < 4.78 is 4.92. The van der Waals surface area contributed by atoms with Gasteiger partial charge in [-0.1, -0.05) is 32.3 Å². The van der Waals surface area contributed by atoms with Gasteiger partial charge in [-0.25, -0.2) is 4.79 Å². The van der Waals surface area contributed by atoms with Gasteiger partial charge in [-0.3, -0.25) is 4.79 Å².